The summed E-state index contributed by atoms with van der Waals surface area (Å²) in [5.41, 5.74) is -0.768. The maximum atomic E-state index is 13.7. The summed E-state index contributed by atoms with van der Waals surface area (Å²) in [6, 6.07) is 13.3. The molecule has 0 radical (unpaired) electrons. The van der Waals surface area contributed by atoms with Crippen molar-refractivity contribution in [2.75, 3.05) is 6.61 Å². The fraction of sp³-hybridized carbons (Fsp3) is 0.364. The minimum atomic E-state index is -4.14. The summed E-state index contributed by atoms with van der Waals surface area (Å²) < 4.78 is 44.5. The highest BCUT2D eigenvalue weighted by molar-refractivity contribution is 7.90. The summed E-state index contributed by atoms with van der Waals surface area (Å²) in [6.07, 6.45) is 0.479. The van der Waals surface area contributed by atoms with E-state index < -0.39 is 51.5 Å². The van der Waals surface area contributed by atoms with Gasteiger partial charge in [0, 0.05) is 17.1 Å². The van der Waals surface area contributed by atoms with Gasteiger partial charge in [-0.05, 0) is 58.7 Å². The third-order valence-electron chi connectivity index (χ3n) is 6.97. The van der Waals surface area contributed by atoms with E-state index in [9.17, 15) is 27.6 Å². The average Bonchev–Trinajstić information content (AvgIpc) is 3.57. The van der Waals surface area contributed by atoms with Gasteiger partial charge < -0.3 is 19.2 Å². The standard InChI is InChI=1S/C33H38N4O9S/c1-8-44-31(40)25(23-18-37(24-17-13-12-16-22(23)24)47(42,43)21-14-10-9-11-15-21)28(38)36-29(39)27-20(4)45-30(34-27)26(19(2)3)35-32(41)46-33(5,6)7/h9-19,25-26H,8H2,1-7H3,(H,35,41)(H,36,38,39)/t25?,26-/m0/s1. The first-order chi connectivity index (χ1) is 22.0. The Balaban J connectivity index is 1.69. The Morgan fingerprint density at radius 1 is 1.00 bits per heavy atom. The van der Waals surface area contributed by atoms with E-state index >= 15 is 0 Å². The molecule has 0 bridgehead atoms. The van der Waals surface area contributed by atoms with Gasteiger partial charge in [-0.15, -0.1) is 0 Å². The van der Waals surface area contributed by atoms with E-state index in [4.69, 9.17) is 13.9 Å². The number of imide groups is 1. The first kappa shape index (κ1) is 34.9. The average molecular weight is 667 g/mol. The van der Waals surface area contributed by atoms with Gasteiger partial charge in [0.2, 0.25) is 11.8 Å². The van der Waals surface area contributed by atoms with Gasteiger partial charge in [0.05, 0.1) is 17.0 Å². The Bertz CT molecular complexity index is 1900. The van der Waals surface area contributed by atoms with E-state index in [1.165, 1.54) is 25.3 Å². The molecule has 250 valence electrons. The molecule has 2 atom stereocenters. The topological polar surface area (TPSA) is 176 Å². The van der Waals surface area contributed by atoms with Gasteiger partial charge in [-0.3, -0.25) is 19.7 Å². The zero-order valence-corrected chi connectivity index (χ0v) is 28.0. The van der Waals surface area contributed by atoms with Crippen LogP contribution >= 0.6 is 0 Å². The second-order valence-corrected chi connectivity index (χ2v) is 13.9. The highest BCUT2D eigenvalue weighted by atomic mass is 32.2. The number of nitrogens with one attached hydrogen (secondary N) is 2. The molecule has 0 saturated heterocycles. The van der Waals surface area contributed by atoms with Gasteiger partial charge in [0.1, 0.15) is 17.4 Å². The summed E-state index contributed by atoms with van der Waals surface area (Å²) in [6.45, 7) is 11.7. The van der Waals surface area contributed by atoms with Crippen molar-refractivity contribution >= 4 is 44.8 Å². The SMILES string of the molecule is CCOC(=O)C(C(=O)NC(=O)c1nc([C@@H](NC(=O)OC(C)(C)C)C(C)C)oc1C)c1cn(S(=O)(=O)c2ccccc2)c2ccccc12. The number of nitrogens with zero attached hydrogens (tertiary/aromatic N) is 2. The van der Waals surface area contributed by atoms with Crippen LogP contribution in [0.2, 0.25) is 0 Å². The summed E-state index contributed by atoms with van der Waals surface area (Å²) in [4.78, 5) is 57.1. The molecule has 0 saturated carbocycles. The molecule has 47 heavy (non-hydrogen) atoms. The predicted molar refractivity (Wildman–Crippen MR) is 171 cm³/mol. The number of aromatic nitrogens is 2. The van der Waals surface area contributed by atoms with Crippen molar-refractivity contribution in [3.8, 4) is 0 Å². The van der Waals surface area contributed by atoms with Crippen LogP contribution in [0.4, 0.5) is 4.79 Å². The number of carbonyl (C=O) groups excluding carboxylic acids is 4. The lowest BCUT2D eigenvalue weighted by molar-refractivity contribution is -0.148. The fourth-order valence-corrected chi connectivity index (χ4v) is 6.26. The van der Waals surface area contributed by atoms with E-state index in [1.807, 2.05) is 13.8 Å². The minimum absolute atomic E-state index is 0.00205. The molecule has 2 heterocycles. The number of amides is 3. The van der Waals surface area contributed by atoms with Crippen molar-refractivity contribution in [1.82, 2.24) is 19.6 Å². The van der Waals surface area contributed by atoms with Gasteiger partial charge in [0.15, 0.2) is 11.6 Å². The lowest BCUT2D eigenvalue weighted by Gasteiger charge is -2.24. The first-order valence-corrected chi connectivity index (χ1v) is 16.4. The van der Waals surface area contributed by atoms with E-state index in [2.05, 4.69) is 15.6 Å². The third-order valence-corrected chi connectivity index (χ3v) is 8.66. The normalized spacial score (nSPS) is 13.2. The maximum absolute atomic E-state index is 13.7. The van der Waals surface area contributed by atoms with Crippen molar-refractivity contribution in [2.45, 2.75) is 70.9 Å². The lowest BCUT2D eigenvalue weighted by Crippen LogP contribution is -2.39. The van der Waals surface area contributed by atoms with Crippen molar-refractivity contribution in [1.29, 1.82) is 0 Å². The van der Waals surface area contributed by atoms with Crippen LogP contribution in [0.15, 0.2) is 70.1 Å². The van der Waals surface area contributed by atoms with Crippen LogP contribution in [-0.2, 0) is 29.1 Å². The van der Waals surface area contributed by atoms with E-state index in [0.717, 1.165) is 3.97 Å². The quantitative estimate of drug-likeness (QED) is 0.173. The highest BCUT2D eigenvalue weighted by Gasteiger charge is 2.37. The highest BCUT2D eigenvalue weighted by Crippen LogP contribution is 2.32. The number of benzene rings is 2. The Hall–Kier alpha value is -4.98. The number of alkyl carbamates (subject to hydrolysis) is 1. The lowest BCUT2D eigenvalue weighted by atomic mass is 9.97. The second-order valence-electron chi connectivity index (χ2n) is 12.0. The number of oxazole rings is 1. The zero-order valence-electron chi connectivity index (χ0n) is 27.2. The molecule has 14 heteroatoms. The Kier molecular flexibility index (Phi) is 10.2. The summed E-state index contributed by atoms with van der Waals surface area (Å²) in [5.74, 6) is -4.91. The van der Waals surface area contributed by atoms with Crippen LogP contribution in [0.1, 0.15) is 81.2 Å². The molecule has 0 aliphatic carbocycles. The van der Waals surface area contributed by atoms with Crippen LogP contribution in [0.25, 0.3) is 10.9 Å². The Morgan fingerprint density at radius 3 is 2.26 bits per heavy atom. The van der Waals surface area contributed by atoms with Crippen LogP contribution in [0.5, 0.6) is 0 Å². The van der Waals surface area contributed by atoms with Crippen molar-refractivity contribution < 1.29 is 41.5 Å². The number of carbonyl (C=O) groups is 4. The molecule has 0 spiro atoms. The zero-order chi connectivity index (χ0) is 34.7. The molecule has 4 aromatic rings. The molecule has 4 rings (SSSR count). The van der Waals surface area contributed by atoms with Crippen LogP contribution in [-0.4, -0.2) is 53.5 Å². The number of rotatable bonds is 10. The maximum Gasteiger partial charge on any atom is 0.408 e. The van der Waals surface area contributed by atoms with Crippen molar-refractivity contribution in [2.24, 2.45) is 5.92 Å². The van der Waals surface area contributed by atoms with Crippen LogP contribution in [0.3, 0.4) is 0 Å². The van der Waals surface area contributed by atoms with Crippen molar-refractivity contribution in [3.05, 3.63) is 83.7 Å². The van der Waals surface area contributed by atoms with E-state index in [0.29, 0.717) is 5.39 Å². The first-order valence-electron chi connectivity index (χ1n) is 14.9. The summed E-state index contributed by atoms with van der Waals surface area (Å²) in [7, 11) is -4.14. The number of para-hydroxylation sites is 1. The van der Waals surface area contributed by atoms with Crippen LogP contribution < -0.4 is 10.6 Å². The van der Waals surface area contributed by atoms with Gasteiger partial charge >= 0.3 is 12.1 Å². The molecule has 0 aliphatic heterocycles. The van der Waals surface area contributed by atoms with E-state index in [1.54, 1.807) is 70.2 Å². The third kappa shape index (κ3) is 7.71. The molecular weight excluding hydrogens is 628 g/mol. The number of hydrogen-bond donors (Lipinski definition) is 2. The van der Waals surface area contributed by atoms with Gasteiger partial charge in [0.25, 0.3) is 15.9 Å². The molecule has 2 N–H and O–H groups in total. The summed E-state index contributed by atoms with van der Waals surface area (Å²) >= 11 is 0. The number of esters is 1. The smallest absolute Gasteiger partial charge is 0.408 e. The summed E-state index contributed by atoms with van der Waals surface area (Å²) in [5, 5.41) is 5.19. The molecule has 2 aromatic carbocycles. The Labute approximate surface area is 272 Å². The van der Waals surface area contributed by atoms with Gasteiger partial charge in [-0.25, -0.2) is 22.2 Å². The predicted octanol–water partition coefficient (Wildman–Crippen LogP) is 5.00. The Morgan fingerprint density at radius 2 is 1.64 bits per heavy atom. The van der Waals surface area contributed by atoms with E-state index in [-0.39, 0.29) is 45.8 Å². The monoisotopic (exact) mass is 666 g/mol. The molecule has 1 unspecified atom stereocenters. The molecule has 2 aromatic heterocycles. The van der Waals surface area contributed by atoms with Gasteiger partial charge in [-0.1, -0.05) is 50.2 Å². The number of aryl methyl sites for hydroxylation is 1. The molecule has 3 amide bonds. The number of hydrogen-bond acceptors (Lipinski definition) is 10. The minimum Gasteiger partial charge on any atom is -0.465 e. The second kappa shape index (κ2) is 13.8. The number of fused-ring (bicyclic) bond motifs is 1. The molecule has 0 fully saturated rings. The van der Waals surface area contributed by atoms with Gasteiger partial charge in [-0.2, -0.15) is 0 Å². The molecule has 0 aliphatic rings. The van der Waals surface area contributed by atoms with Crippen LogP contribution in [0, 0.1) is 12.8 Å². The largest absolute Gasteiger partial charge is 0.465 e. The molecule has 13 nitrogen and oxygen atoms in total. The molecular formula is C33H38N4O9S. The van der Waals surface area contributed by atoms with Crippen molar-refractivity contribution in [3.63, 3.8) is 0 Å². The fourth-order valence-electron chi connectivity index (χ4n) is 4.86. The number of ether oxygens (including phenoxy) is 2.